The molecule has 2 heterocycles. The van der Waals surface area contributed by atoms with Crippen molar-refractivity contribution in [3.05, 3.63) is 45.9 Å². The summed E-state index contributed by atoms with van der Waals surface area (Å²) in [7, 11) is 0. The summed E-state index contributed by atoms with van der Waals surface area (Å²) in [5.74, 6) is -0.346. The molecule has 0 saturated carbocycles. The largest absolute Gasteiger partial charge is 0.346 e. The summed E-state index contributed by atoms with van der Waals surface area (Å²) in [6.45, 7) is 2.23. The number of hydrogen-bond acceptors (Lipinski definition) is 4. The summed E-state index contributed by atoms with van der Waals surface area (Å²) in [4.78, 5) is 28.5. The molecule has 0 unspecified atom stereocenters. The molecule has 0 aliphatic heterocycles. The summed E-state index contributed by atoms with van der Waals surface area (Å²) in [5.41, 5.74) is 1.64. The lowest BCUT2D eigenvalue weighted by atomic mass is 10.2. The lowest BCUT2D eigenvalue weighted by molar-refractivity contribution is 0.0945. The zero-order chi connectivity index (χ0) is 12.3. The molecule has 0 spiro atoms. The molecule has 0 atom stereocenters. The van der Waals surface area contributed by atoms with Crippen LogP contribution in [-0.2, 0) is 6.54 Å². The molecule has 3 N–H and O–H groups in total. The van der Waals surface area contributed by atoms with E-state index < -0.39 is 0 Å². The van der Waals surface area contributed by atoms with Crippen molar-refractivity contribution in [1.82, 2.24) is 25.5 Å². The van der Waals surface area contributed by atoms with Gasteiger partial charge in [-0.15, -0.1) is 0 Å². The summed E-state index contributed by atoms with van der Waals surface area (Å²) in [5, 5.41) is 9.30. The van der Waals surface area contributed by atoms with Crippen LogP contribution >= 0.6 is 0 Å². The van der Waals surface area contributed by atoms with Gasteiger partial charge >= 0.3 is 0 Å². The van der Waals surface area contributed by atoms with Crippen molar-refractivity contribution in [3.8, 4) is 0 Å². The van der Waals surface area contributed by atoms with Crippen molar-refractivity contribution in [2.45, 2.75) is 13.5 Å². The van der Waals surface area contributed by atoms with Crippen LogP contribution in [0.25, 0.3) is 0 Å². The Morgan fingerprint density at radius 1 is 1.47 bits per heavy atom. The van der Waals surface area contributed by atoms with E-state index in [1.165, 1.54) is 6.20 Å². The Morgan fingerprint density at radius 2 is 2.29 bits per heavy atom. The second kappa shape index (κ2) is 4.60. The zero-order valence-electron chi connectivity index (χ0n) is 9.15. The van der Waals surface area contributed by atoms with E-state index in [9.17, 15) is 9.59 Å². The van der Waals surface area contributed by atoms with Gasteiger partial charge in [0.1, 0.15) is 5.69 Å². The monoisotopic (exact) mass is 233 g/mol. The van der Waals surface area contributed by atoms with Crippen LogP contribution in [0.15, 0.2) is 23.4 Å². The van der Waals surface area contributed by atoms with Crippen molar-refractivity contribution >= 4 is 5.91 Å². The van der Waals surface area contributed by atoms with Crippen LogP contribution in [-0.4, -0.2) is 26.1 Å². The molecule has 2 aromatic rings. The molecule has 0 aromatic carbocycles. The number of carbonyl (C=O) groups excluding carboxylic acids is 1. The highest BCUT2D eigenvalue weighted by Gasteiger charge is 2.08. The van der Waals surface area contributed by atoms with E-state index in [1.807, 2.05) is 6.92 Å². The molecule has 0 saturated heterocycles. The van der Waals surface area contributed by atoms with Gasteiger partial charge in [-0.05, 0) is 6.92 Å². The van der Waals surface area contributed by atoms with Crippen molar-refractivity contribution in [3.63, 3.8) is 0 Å². The second-order valence-electron chi connectivity index (χ2n) is 3.50. The Morgan fingerprint density at radius 3 is 2.88 bits per heavy atom. The van der Waals surface area contributed by atoms with E-state index in [0.29, 0.717) is 6.54 Å². The Balaban J connectivity index is 2.00. The highest BCUT2D eigenvalue weighted by Crippen LogP contribution is 2.01. The molecule has 17 heavy (non-hydrogen) atoms. The molecular formula is C10H11N5O2. The molecular weight excluding hydrogens is 222 g/mol. The fraction of sp³-hybridized carbons (Fsp3) is 0.200. The smallest absolute Gasteiger partial charge is 0.271 e. The Hall–Kier alpha value is -2.44. The Bertz CT molecular complexity index is 566. The number of rotatable bonds is 3. The number of nitrogens with one attached hydrogen (secondary N) is 3. The number of H-pyrrole nitrogens is 2. The Kier molecular flexibility index (Phi) is 2.99. The molecule has 1 amide bonds. The topological polar surface area (TPSA) is 104 Å². The number of nitrogens with zero attached hydrogens (tertiary/aromatic N) is 2. The lowest BCUT2D eigenvalue weighted by Gasteiger charge is -2.02. The van der Waals surface area contributed by atoms with E-state index in [-0.39, 0.29) is 17.2 Å². The molecule has 2 aromatic heterocycles. The van der Waals surface area contributed by atoms with Gasteiger partial charge in [-0.1, -0.05) is 0 Å². The van der Waals surface area contributed by atoms with Gasteiger partial charge in [0, 0.05) is 24.0 Å². The fourth-order valence-electron chi connectivity index (χ4n) is 1.29. The highest BCUT2D eigenvalue weighted by molar-refractivity contribution is 5.91. The fourth-order valence-corrected chi connectivity index (χ4v) is 1.29. The van der Waals surface area contributed by atoms with Gasteiger partial charge in [-0.2, -0.15) is 5.10 Å². The first-order valence-corrected chi connectivity index (χ1v) is 4.98. The van der Waals surface area contributed by atoms with Crippen LogP contribution in [0.5, 0.6) is 0 Å². The summed E-state index contributed by atoms with van der Waals surface area (Å²) >= 11 is 0. The van der Waals surface area contributed by atoms with Crippen molar-refractivity contribution in [1.29, 1.82) is 0 Å². The third kappa shape index (κ3) is 2.57. The first-order chi connectivity index (χ1) is 8.16. The number of carbonyl (C=O) groups is 1. The van der Waals surface area contributed by atoms with Crippen LogP contribution in [0.3, 0.4) is 0 Å². The van der Waals surface area contributed by atoms with Crippen LogP contribution in [0.2, 0.25) is 0 Å². The number of aromatic nitrogens is 4. The molecule has 0 aliphatic rings. The number of hydrogen-bond donors (Lipinski definition) is 3. The highest BCUT2D eigenvalue weighted by atomic mass is 16.2. The van der Waals surface area contributed by atoms with E-state index in [1.54, 1.807) is 6.20 Å². The maximum Gasteiger partial charge on any atom is 0.271 e. The minimum atomic E-state index is -0.346. The number of aromatic amines is 2. The third-order valence-corrected chi connectivity index (χ3v) is 2.28. The van der Waals surface area contributed by atoms with E-state index in [2.05, 4.69) is 25.5 Å². The average molecular weight is 233 g/mol. The molecule has 0 radical (unpaired) electrons. The maximum atomic E-state index is 11.6. The predicted octanol–water partition coefficient (Wildman–Crippen LogP) is -0.269. The van der Waals surface area contributed by atoms with Gasteiger partial charge in [0.2, 0.25) is 0 Å². The molecule has 0 aliphatic carbocycles. The van der Waals surface area contributed by atoms with E-state index in [0.717, 1.165) is 17.5 Å². The van der Waals surface area contributed by atoms with Crippen molar-refractivity contribution in [2.24, 2.45) is 0 Å². The number of amides is 1. The number of aryl methyl sites for hydroxylation is 1. The zero-order valence-corrected chi connectivity index (χ0v) is 9.15. The van der Waals surface area contributed by atoms with Gasteiger partial charge in [-0.3, -0.25) is 14.7 Å². The first kappa shape index (κ1) is 11.1. The van der Waals surface area contributed by atoms with Crippen LogP contribution in [0.1, 0.15) is 21.7 Å². The summed E-state index contributed by atoms with van der Waals surface area (Å²) < 4.78 is 0. The lowest BCUT2D eigenvalue weighted by Crippen LogP contribution is -2.25. The quantitative estimate of drug-likeness (QED) is 0.678. The van der Waals surface area contributed by atoms with Crippen LogP contribution in [0, 0.1) is 6.92 Å². The third-order valence-electron chi connectivity index (χ3n) is 2.28. The SMILES string of the molecule is Cc1[nH]ncc1CNC(=O)c1c[nH]c(=O)cn1. The van der Waals surface area contributed by atoms with Crippen molar-refractivity contribution < 1.29 is 4.79 Å². The van der Waals surface area contributed by atoms with Crippen LogP contribution < -0.4 is 10.9 Å². The minimum Gasteiger partial charge on any atom is -0.346 e. The molecule has 2 rings (SSSR count). The van der Waals surface area contributed by atoms with E-state index >= 15 is 0 Å². The van der Waals surface area contributed by atoms with Gasteiger partial charge in [0.05, 0.1) is 12.4 Å². The summed E-state index contributed by atoms with van der Waals surface area (Å²) in [6, 6.07) is 0. The van der Waals surface area contributed by atoms with Crippen LogP contribution in [0.4, 0.5) is 0 Å². The first-order valence-electron chi connectivity index (χ1n) is 4.98. The van der Waals surface area contributed by atoms with Crippen molar-refractivity contribution in [2.75, 3.05) is 0 Å². The normalized spacial score (nSPS) is 10.2. The standard InChI is InChI=1S/C10H11N5O2/c1-6-7(3-14-15-6)2-13-10(17)8-4-12-9(16)5-11-8/h3-5H,2H2,1H3,(H,12,16)(H,13,17)(H,14,15). The van der Waals surface area contributed by atoms with Gasteiger partial charge < -0.3 is 10.3 Å². The van der Waals surface area contributed by atoms with Gasteiger partial charge in [0.15, 0.2) is 0 Å². The van der Waals surface area contributed by atoms with Gasteiger partial charge in [-0.25, -0.2) is 4.98 Å². The minimum absolute atomic E-state index is 0.172. The van der Waals surface area contributed by atoms with E-state index in [4.69, 9.17) is 0 Å². The Labute approximate surface area is 96.3 Å². The average Bonchev–Trinajstić information content (AvgIpc) is 2.73. The molecule has 0 fully saturated rings. The molecule has 0 bridgehead atoms. The maximum absolute atomic E-state index is 11.6. The summed E-state index contributed by atoms with van der Waals surface area (Å²) in [6.07, 6.45) is 3.99. The second-order valence-corrected chi connectivity index (χ2v) is 3.50. The van der Waals surface area contributed by atoms with Gasteiger partial charge in [0.25, 0.3) is 11.5 Å². The predicted molar refractivity (Wildman–Crippen MR) is 59.4 cm³/mol. The molecule has 7 nitrogen and oxygen atoms in total. The molecule has 88 valence electrons. The molecule has 7 heteroatoms.